The molecule has 5 nitrogen and oxygen atoms in total. The van der Waals surface area contributed by atoms with E-state index in [1.807, 2.05) is 12.1 Å². The zero-order valence-electron chi connectivity index (χ0n) is 15.4. The maximum atomic E-state index is 12.2. The Morgan fingerprint density at radius 3 is 2.64 bits per heavy atom. The molecule has 0 radical (unpaired) electrons. The zero-order chi connectivity index (χ0) is 17.5. The minimum Gasteiger partial charge on any atom is -0.497 e. The van der Waals surface area contributed by atoms with E-state index >= 15 is 0 Å². The number of amides is 1. The molecule has 0 aromatic heterocycles. The molecular formula is C20H31N3O2. The monoisotopic (exact) mass is 345 g/mol. The van der Waals surface area contributed by atoms with Crippen molar-refractivity contribution in [2.75, 3.05) is 51.3 Å². The van der Waals surface area contributed by atoms with Gasteiger partial charge in [0.1, 0.15) is 5.75 Å². The second-order valence-electron chi connectivity index (χ2n) is 7.27. The molecular weight excluding hydrogens is 314 g/mol. The van der Waals surface area contributed by atoms with Crippen LogP contribution in [0.1, 0.15) is 32.1 Å². The van der Waals surface area contributed by atoms with Crippen LogP contribution in [0, 0.1) is 5.92 Å². The van der Waals surface area contributed by atoms with Crippen LogP contribution in [0.5, 0.6) is 5.75 Å². The molecule has 5 heteroatoms. The van der Waals surface area contributed by atoms with Gasteiger partial charge >= 0.3 is 0 Å². The van der Waals surface area contributed by atoms with E-state index in [9.17, 15) is 4.79 Å². The third-order valence-electron chi connectivity index (χ3n) is 5.47. The molecule has 0 spiro atoms. The Labute approximate surface area is 151 Å². The molecule has 3 rings (SSSR count). The van der Waals surface area contributed by atoms with Gasteiger partial charge in [0.25, 0.3) is 0 Å². The summed E-state index contributed by atoms with van der Waals surface area (Å²) in [6.07, 6.45) is 6.57. The highest BCUT2D eigenvalue weighted by atomic mass is 16.5. The molecule has 1 saturated carbocycles. The lowest BCUT2D eigenvalue weighted by Gasteiger charge is -2.36. The molecule has 138 valence electrons. The Balaban J connectivity index is 1.39. The van der Waals surface area contributed by atoms with E-state index in [2.05, 4.69) is 27.2 Å². The molecule has 0 unspecified atom stereocenters. The number of ether oxygens (including phenoxy) is 1. The molecule has 1 aliphatic heterocycles. The molecule has 0 atom stereocenters. The van der Waals surface area contributed by atoms with Crippen LogP contribution in [-0.4, -0.2) is 57.2 Å². The van der Waals surface area contributed by atoms with Crippen molar-refractivity contribution in [1.82, 2.24) is 10.2 Å². The average Bonchev–Trinajstić information content (AvgIpc) is 2.68. The minimum absolute atomic E-state index is 0.181. The topological polar surface area (TPSA) is 44.8 Å². The number of nitrogens with one attached hydrogen (secondary N) is 1. The number of benzene rings is 1. The first-order valence-corrected chi connectivity index (χ1v) is 9.62. The number of nitrogens with zero attached hydrogens (tertiary/aromatic N) is 2. The fraction of sp³-hybridized carbons (Fsp3) is 0.650. The van der Waals surface area contributed by atoms with Crippen LogP contribution in [0.25, 0.3) is 0 Å². The molecule has 1 heterocycles. The molecule has 0 bridgehead atoms. The molecule has 25 heavy (non-hydrogen) atoms. The van der Waals surface area contributed by atoms with E-state index < -0.39 is 0 Å². The number of carbonyl (C=O) groups excluding carboxylic acids is 1. The van der Waals surface area contributed by atoms with Crippen molar-refractivity contribution < 1.29 is 9.53 Å². The first kappa shape index (κ1) is 18.1. The summed E-state index contributed by atoms with van der Waals surface area (Å²) in [5.41, 5.74) is 1.20. The Morgan fingerprint density at radius 2 is 1.92 bits per heavy atom. The van der Waals surface area contributed by atoms with E-state index in [4.69, 9.17) is 4.74 Å². The maximum Gasteiger partial charge on any atom is 0.234 e. The van der Waals surface area contributed by atoms with Crippen molar-refractivity contribution in [3.63, 3.8) is 0 Å². The van der Waals surface area contributed by atoms with Crippen LogP contribution in [0.3, 0.4) is 0 Å². The summed E-state index contributed by atoms with van der Waals surface area (Å²) >= 11 is 0. The number of carbonyl (C=O) groups is 1. The second kappa shape index (κ2) is 9.09. The van der Waals surface area contributed by atoms with Crippen LogP contribution in [0.2, 0.25) is 0 Å². The lowest BCUT2D eigenvalue weighted by molar-refractivity contribution is -0.122. The summed E-state index contributed by atoms with van der Waals surface area (Å²) < 4.78 is 5.31. The minimum atomic E-state index is 0.181. The Morgan fingerprint density at radius 1 is 1.16 bits per heavy atom. The van der Waals surface area contributed by atoms with E-state index in [-0.39, 0.29) is 5.91 Å². The molecule has 1 aliphatic carbocycles. The molecule has 1 aromatic rings. The van der Waals surface area contributed by atoms with Crippen molar-refractivity contribution in [2.24, 2.45) is 5.92 Å². The van der Waals surface area contributed by atoms with Crippen LogP contribution in [0.15, 0.2) is 24.3 Å². The van der Waals surface area contributed by atoms with Crippen molar-refractivity contribution in [3.05, 3.63) is 24.3 Å². The van der Waals surface area contributed by atoms with Gasteiger partial charge in [-0.2, -0.15) is 0 Å². The Kier molecular flexibility index (Phi) is 6.56. The molecule has 2 fully saturated rings. The lowest BCUT2D eigenvalue weighted by atomic mass is 9.89. The quantitative estimate of drug-likeness (QED) is 0.860. The fourth-order valence-electron chi connectivity index (χ4n) is 3.88. The highest BCUT2D eigenvalue weighted by Gasteiger charge is 2.20. The van der Waals surface area contributed by atoms with Gasteiger partial charge in [0.05, 0.1) is 13.7 Å². The predicted octanol–water partition coefficient (Wildman–Crippen LogP) is 2.51. The fourth-order valence-corrected chi connectivity index (χ4v) is 3.88. The number of rotatable bonds is 6. The van der Waals surface area contributed by atoms with Crippen molar-refractivity contribution in [1.29, 1.82) is 0 Å². The second-order valence-corrected chi connectivity index (χ2v) is 7.27. The summed E-state index contributed by atoms with van der Waals surface area (Å²) in [5, 5.41) is 3.15. The van der Waals surface area contributed by atoms with Gasteiger partial charge in [0, 0.05) is 44.5 Å². The lowest BCUT2D eigenvalue weighted by Crippen LogP contribution is -2.49. The molecule has 1 N–H and O–H groups in total. The largest absolute Gasteiger partial charge is 0.497 e. The predicted molar refractivity (Wildman–Crippen MR) is 101 cm³/mol. The highest BCUT2D eigenvalue weighted by molar-refractivity contribution is 5.78. The van der Waals surface area contributed by atoms with Gasteiger partial charge in [-0.15, -0.1) is 0 Å². The van der Waals surface area contributed by atoms with Gasteiger partial charge in [-0.25, -0.2) is 0 Å². The van der Waals surface area contributed by atoms with Crippen LogP contribution in [-0.2, 0) is 4.79 Å². The van der Waals surface area contributed by atoms with E-state index in [0.717, 1.165) is 38.5 Å². The molecule has 1 aromatic carbocycles. The standard InChI is InChI=1S/C20H31N3O2/c1-25-19-9-5-8-18(14-19)23-12-10-22(11-13-23)16-20(24)21-15-17-6-3-2-4-7-17/h5,8-9,14,17H,2-4,6-7,10-13,15-16H2,1H3,(H,21,24). The first-order chi connectivity index (χ1) is 12.2. The third-order valence-corrected chi connectivity index (χ3v) is 5.47. The zero-order valence-corrected chi connectivity index (χ0v) is 15.4. The Bertz CT molecular complexity index is 550. The third kappa shape index (κ3) is 5.36. The van der Waals surface area contributed by atoms with Crippen molar-refractivity contribution in [3.8, 4) is 5.75 Å². The van der Waals surface area contributed by atoms with Gasteiger partial charge in [-0.1, -0.05) is 25.3 Å². The maximum absolute atomic E-state index is 12.2. The van der Waals surface area contributed by atoms with Gasteiger partial charge in [-0.3, -0.25) is 9.69 Å². The average molecular weight is 345 g/mol. The van der Waals surface area contributed by atoms with Gasteiger partial charge in [0.2, 0.25) is 5.91 Å². The van der Waals surface area contributed by atoms with Crippen LogP contribution >= 0.6 is 0 Å². The first-order valence-electron chi connectivity index (χ1n) is 9.62. The highest BCUT2D eigenvalue weighted by Crippen LogP contribution is 2.23. The van der Waals surface area contributed by atoms with E-state index in [1.165, 1.54) is 37.8 Å². The summed E-state index contributed by atoms with van der Waals surface area (Å²) in [4.78, 5) is 16.8. The van der Waals surface area contributed by atoms with E-state index in [1.54, 1.807) is 7.11 Å². The molecule has 1 saturated heterocycles. The summed E-state index contributed by atoms with van der Waals surface area (Å²) in [5.74, 6) is 1.77. The number of methoxy groups -OCH3 is 1. The number of hydrogen-bond donors (Lipinski definition) is 1. The van der Waals surface area contributed by atoms with Crippen molar-refractivity contribution in [2.45, 2.75) is 32.1 Å². The normalized spacial score (nSPS) is 19.6. The summed E-state index contributed by atoms with van der Waals surface area (Å²) in [6.45, 7) is 5.13. The van der Waals surface area contributed by atoms with Gasteiger partial charge in [0.15, 0.2) is 0 Å². The Hall–Kier alpha value is -1.75. The number of anilines is 1. The van der Waals surface area contributed by atoms with Gasteiger partial charge in [-0.05, 0) is 30.9 Å². The SMILES string of the molecule is COc1cccc(N2CCN(CC(=O)NCC3CCCCC3)CC2)c1. The summed E-state index contributed by atoms with van der Waals surface area (Å²) in [7, 11) is 1.70. The van der Waals surface area contributed by atoms with Crippen LogP contribution in [0.4, 0.5) is 5.69 Å². The number of hydrogen-bond acceptors (Lipinski definition) is 4. The molecule has 2 aliphatic rings. The van der Waals surface area contributed by atoms with Crippen LogP contribution < -0.4 is 15.0 Å². The van der Waals surface area contributed by atoms with Crippen molar-refractivity contribution >= 4 is 11.6 Å². The number of piperazine rings is 1. The summed E-state index contributed by atoms with van der Waals surface area (Å²) in [6, 6.07) is 8.19. The smallest absolute Gasteiger partial charge is 0.234 e. The van der Waals surface area contributed by atoms with E-state index in [0.29, 0.717) is 12.5 Å². The molecule has 1 amide bonds. The van der Waals surface area contributed by atoms with Gasteiger partial charge < -0.3 is 15.0 Å².